The first-order chi connectivity index (χ1) is 9.10. The van der Waals surface area contributed by atoms with Crippen molar-refractivity contribution in [2.75, 3.05) is 12.4 Å². The smallest absolute Gasteiger partial charge is 0.118 e. The van der Waals surface area contributed by atoms with Crippen LogP contribution in [0.25, 0.3) is 0 Å². The van der Waals surface area contributed by atoms with Crippen LogP contribution in [-0.2, 0) is 6.54 Å². The molecule has 2 aromatic rings. The zero-order chi connectivity index (χ0) is 13.8. The molecule has 0 spiro atoms. The highest BCUT2D eigenvalue weighted by Gasteiger charge is 2.04. The summed E-state index contributed by atoms with van der Waals surface area (Å²) < 4.78 is 6.28. The van der Waals surface area contributed by atoms with Crippen LogP contribution in [0.4, 0.5) is 5.69 Å². The SMILES string of the molecule is COc1ccc(CNc2c(C)cc(Br)cc2C)cc1. The Morgan fingerprint density at radius 2 is 1.63 bits per heavy atom. The summed E-state index contributed by atoms with van der Waals surface area (Å²) >= 11 is 3.52. The van der Waals surface area contributed by atoms with Crippen molar-refractivity contribution in [1.82, 2.24) is 0 Å². The summed E-state index contributed by atoms with van der Waals surface area (Å²) in [5.74, 6) is 0.889. The second-order valence-electron chi connectivity index (χ2n) is 4.62. The van der Waals surface area contributed by atoms with Gasteiger partial charge in [0.15, 0.2) is 0 Å². The molecule has 0 aliphatic carbocycles. The Labute approximate surface area is 122 Å². The fourth-order valence-corrected chi connectivity index (χ4v) is 2.81. The largest absolute Gasteiger partial charge is 0.497 e. The topological polar surface area (TPSA) is 21.3 Å². The fraction of sp³-hybridized carbons (Fsp3) is 0.250. The van der Waals surface area contributed by atoms with Gasteiger partial charge in [-0.1, -0.05) is 28.1 Å². The summed E-state index contributed by atoms with van der Waals surface area (Å²) in [4.78, 5) is 0. The van der Waals surface area contributed by atoms with Gasteiger partial charge in [-0.05, 0) is 54.8 Å². The van der Waals surface area contributed by atoms with E-state index in [1.807, 2.05) is 12.1 Å². The number of hydrogen-bond donors (Lipinski definition) is 1. The first kappa shape index (κ1) is 13.9. The summed E-state index contributed by atoms with van der Waals surface area (Å²) in [5, 5.41) is 3.50. The van der Waals surface area contributed by atoms with Crippen molar-refractivity contribution >= 4 is 21.6 Å². The molecule has 1 N–H and O–H groups in total. The second kappa shape index (κ2) is 6.11. The molecule has 2 nitrogen and oxygen atoms in total. The molecule has 0 heterocycles. The van der Waals surface area contributed by atoms with E-state index in [2.05, 4.69) is 59.4 Å². The minimum atomic E-state index is 0.813. The second-order valence-corrected chi connectivity index (χ2v) is 5.53. The molecule has 0 atom stereocenters. The maximum absolute atomic E-state index is 5.16. The molecule has 19 heavy (non-hydrogen) atoms. The number of hydrogen-bond acceptors (Lipinski definition) is 2. The molecule has 0 amide bonds. The predicted molar refractivity (Wildman–Crippen MR) is 83.9 cm³/mol. The van der Waals surface area contributed by atoms with E-state index in [4.69, 9.17) is 4.74 Å². The number of methoxy groups -OCH3 is 1. The highest BCUT2D eigenvalue weighted by molar-refractivity contribution is 9.10. The van der Waals surface area contributed by atoms with Crippen molar-refractivity contribution in [2.24, 2.45) is 0 Å². The van der Waals surface area contributed by atoms with E-state index >= 15 is 0 Å². The molecule has 2 rings (SSSR count). The van der Waals surface area contributed by atoms with Crippen LogP contribution in [0.2, 0.25) is 0 Å². The standard InChI is InChI=1S/C16H18BrNO/c1-11-8-14(17)9-12(2)16(11)18-10-13-4-6-15(19-3)7-5-13/h4-9,18H,10H2,1-3H3. The number of ether oxygens (including phenoxy) is 1. The van der Waals surface area contributed by atoms with E-state index in [1.165, 1.54) is 22.4 Å². The fourth-order valence-electron chi connectivity index (χ4n) is 2.12. The van der Waals surface area contributed by atoms with Crippen LogP contribution in [0.15, 0.2) is 40.9 Å². The summed E-state index contributed by atoms with van der Waals surface area (Å²) in [5.41, 5.74) is 4.95. The minimum absolute atomic E-state index is 0.813. The van der Waals surface area contributed by atoms with Crippen LogP contribution in [0.5, 0.6) is 5.75 Å². The molecule has 0 aromatic heterocycles. The maximum Gasteiger partial charge on any atom is 0.118 e. The third kappa shape index (κ3) is 3.51. The molecule has 0 saturated heterocycles. The number of anilines is 1. The number of nitrogens with one attached hydrogen (secondary N) is 1. The van der Waals surface area contributed by atoms with Crippen LogP contribution in [0.1, 0.15) is 16.7 Å². The van der Waals surface area contributed by atoms with Crippen molar-refractivity contribution in [1.29, 1.82) is 0 Å². The molecule has 0 saturated carbocycles. The Morgan fingerprint density at radius 3 is 2.16 bits per heavy atom. The molecule has 100 valence electrons. The third-order valence-electron chi connectivity index (χ3n) is 3.13. The number of halogens is 1. The van der Waals surface area contributed by atoms with Gasteiger partial charge in [-0.15, -0.1) is 0 Å². The van der Waals surface area contributed by atoms with Crippen molar-refractivity contribution in [3.8, 4) is 5.75 Å². The van der Waals surface area contributed by atoms with Crippen LogP contribution < -0.4 is 10.1 Å². The molecule has 0 aliphatic heterocycles. The zero-order valence-corrected chi connectivity index (χ0v) is 13.0. The Morgan fingerprint density at radius 1 is 1.05 bits per heavy atom. The van der Waals surface area contributed by atoms with Crippen molar-refractivity contribution in [2.45, 2.75) is 20.4 Å². The predicted octanol–water partition coefficient (Wildman–Crippen LogP) is 4.69. The Bertz CT molecular complexity index is 540. The Hall–Kier alpha value is -1.48. The average Bonchev–Trinajstić information content (AvgIpc) is 2.38. The normalized spacial score (nSPS) is 10.3. The van der Waals surface area contributed by atoms with Gasteiger partial charge in [-0.3, -0.25) is 0 Å². The lowest BCUT2D eigenvalue weighted by Gasteiger charge is -2.13. The lowest BCUT2D eigenvalue weighted by Crippen LogP contribution is -2.03. The van der Waals surface area contributed by atoms with E-state index in [-0.39, 0.29) is 0 Å². The van der Waals surface area contributed by atoms with Gasteiger partial charge in [0, 0.05) is 16.7 Å². The van der Waals surface area contributed by atoms with Crippen LogP contribution >= 0.6 is 15.9 Å². The van der Waals surface area contributed by atoms with E-state index in [9.17, 15) is 0 Å². The third-order valence-corrected chi connectivity index (χ3v) is 3.58. The number of aryl methyl sites for hydroxylation is 2. The number of rotatable bonds is 4. The molecule has 2 aromatic carbocycles. The molecule has 3 heteroatoms. The molecular formula is C16H18BrNO. The average molecular weight is 320 g/mol. The Kier molecular flexibility index (Phi) is 4.48. The van der Waals surface area contributed by atoms with E-state index in [1.54, 1.807) is 7.11 Å². The number of benzene rings is 2. The summed E-state index contributed by atoms with van der Waals surface area (Å²) in [7, 11) is 1.68. The molecular weight excluding hydrogens is 302 g/mol. The molecule has 0 aliphatic rings. The van der Waals surface area contributed by atoms with Gasteiger partial charge in [0.25, 0.3) is 0 Å². The van der Waals surface area contributed by atoms with Gasteiger partial charge in [0.2, 0.25) is 0 Å². The van der Waals surface area contributed by atoms with Gasteiger partial charge in [-0.25, -0.2) is 0 Å². The zero-order valence-electron chi connectivity index (χ0n) is 11.5. The first-order valence-electron chi connectivity index (χ1n) is 6.23. The lowest BCUT2D eigenvalue weighted by atomic mass is 10.1. The molecule has 0 bridgehead atoms. The van der Waals surface area contributed by atoms with Gasteiger partial charge >= 0.3 is 0 Å². The van der Waals surface area contributed by atoms with Crippen molar-refractivity contribution in [3.05, 3.63) is 57.6 Å². The Balaban J connectivity index is 2.10. The van der Waals surface area contributed by atoms with Crippen LogP contribution in [-0.4, -0.2) is 7.11 Å². The monoisotopic (exact) mass is 319 g/mol. The first-order valence-corrected chi connectivity index (χ1v) is 7.03. The minimum Gasteiger partial charge on any atom is -0.497 e. The molecule has 0 radical (unpaired) electrons. The van der Waals surface area contributed by atoms with E-state index in [0.717, 1.165) is 16.8 Å². The quantitative estimate of drug-likeness (QED) is 0.883. The molecule has 0 unspecified atom stereocenters. The summed E-state index contributed by atoms with van der Waals surface area (Å²) in [6, 6.07) is 12.4. The van der Waals surface area contributed by atoms with E-state index in [0.29, 0.717) is 0 Å². The van der Waals surface area contributed by atoms with Gasteiger partial charge in [0.1, 0.15) is 5.75 Å². The van der Waals surface area contributed by atoms with Gasteiger partial charge < -0.3 is 10.1 Å². The summed E-state index contributed by atoms with van der Waals surface area (Å²) in [6.45, 7) is 5.05. The van der Waals surface area contributed by atoms with Gasteiger partial charge in [-0.2, -0.15) is 0 Å². The van der Waals surface area contributed by atoms with Crippen molar-refractivity contribution in [3.63, 3.8) is 0 Å². The maximum atomic E-state index is 5.16. The highest BCUT2D eigenvalue weighted by atomic mass is 79.9. The van der Waals surface area contributed by atoms with Gasteiger partial charge in [0.05, 0.1) is 7.11 Å². The highest BCUT2D eigenvalue weighted by Crippen LogP contribution is 2.25. The summed E-state index contributed by atoms with van der Waals surface area (Å²) in [6.07, 6.45) is 0. The lowest BCUT2D eigenvalue weighted by molar-refractivity contribution is 0.414. The molecule has 0 fully saturated rings. The van der Waals surface area contributed by atoms with Crippen LogP contribution in [0.3, 0.4) is 0 Å². The van der Waals surface area contributed by atoms with Crippen molar-refractivity contribution < 1.29 is 4.74 Å². The van der Waals surface area contributed by atoms with E-state index < -0.39 is 0 Å². The van der Waals surface area contributed by atoms with Crippen LogP contribution in [0, 0.1) is 13.8 Å².